The fourth-order valence-electron chi connectivity index (χ4n) is 1.80. The van der Waals surface area contributed by atoms with Crippen molar-refractivity contribution in [1.29, 1.82) is 0 Å². The molecule has 0 unspecified atom stereocenters. The fraction of sp³-hybridized carbons (Fsp3) is 0.267. The summed E-state index contributed by atoms with van der Waals surface area (Å²) in [4.78, 5) is 6.21. The highest BCUT2D eigenvalue weighted by molar-refractivity contribution is 5.51. The van der Waals surface area contributed by atoms with Gasteiger partial charge in [0, 0.05) is 25.5 Å². The van der Waals surface area contributed by atoms with Gasteiger partial charge >= 0.3 is 0 Å². The molecule has 0 aliphatic rings. The summed E-state index contributed by atoms with van der Waals surface area (Å²) in [6, 6.07) is 11.6. The van der Waals surface area contributed by atoms with Crippen LogP contribution in [0.3, 0.4) is 0 Å². The first-order chi connectivity index (χ1) is 9.25. The van der Waals surface area contributed by atoms with Gasteiger partial charge in [0.15, 0.2) is 0 Å². The molecule has 0 saturated heterocycles. The van der Waals surface area contributed by atoms with E-state index < -0.39 is 0 Å². The molecule has 2 aromatic rings. The molecule has 0 amide bonds. The predicted molar refractivity (Wildman–Crippen MR) is 76.9 cm³/mol. The maximum atomic E-state index is 5.82. The molecule has 0 radical (unpaired) electrons. The van der Waals surface area contributed by atoms with Crippen molar-refractivity contribution in [1.82, 2.24) is 9.88 Å². The molecule has 1 aromatic carbocycles. The lowest BCUT2D eigenvalue weighted by Gasteiger charge is -2.17. The molecule has 1 aromatic heterocycles. The summed E-state index contributed by atoms with van der Waals surface area (Å²) in [6.07, 6.45) is 3.62. The van der Waals surface area contributed by atoms with E-state index in [2.05, 4.69) is 16.9 Å². The number of nitrogens with two attached hydrogens (primary N) is 1. The molecule has 4 heteroatoms. The summed E-state index contributed by atoms with van der Waals surface area (Å²) in [6.45, 7) is 2.35. The van der Waals surface area contributed by atoms with Crippen LogP contribution in [0, 0.1) is 0 Å². The quantitative estimate of drug-likeness (QED) is 0.806. The van der Waals surface area contributed by atoms with Crippen molar-refractivity contribution in [2.75, 3.05) is 25.9 Å². The zero-order valence-electron chi connectivity index (χ0n) is 11.1. The number of benzene rings is 1. The summed E-state index contributed by atoms with van der Waals surface area (Å²) < 4.78 is 5.67. The molecular weight excluding hydrogens is 238 g/mol. The van der Waals surface area contributed by atoms with Crippen molar-refractivity contribution >= 4 is 5.69 Å². The van der Waals surface area contributed by atoms with Crippen molar-refractivity contribution in [3.63, 3.8) is 0 Å². The van der Waals surface area contributed by atoms with Gasteiger partial charge in [-0.15, -0.1) is 0 Å². The monoisotopic (exact) mass is 257 g/mol. The predicted octanol–water partition coefficient (Wildman–Crippen LogP) is 2.17. The molecule has 0 saturated carbocycles. The van der Waals surface area contributed by atoms with E-state index in [1.54, 1.807) is 0 Å². The topological polar surface area (TPSA) is 51.4 Å². The van der Waals surface area contributed by atoms with Gasteiger partial charge in [0.05, 0.1) is 5.69 Å². The Bertz CT molecular complexity index is 502. The Hall–Kier alpha value is -2.07. The van der Waals surface area contributed by atoms with Crippen molar-refractivity contribution in [3.8, 4) is 5.75 Å². The molecule has 1 heterocycles. The van der Waals surface area contributed by atoms with Crippen LogP contribution in [-0.4, -0.2) is 30.1 Å². The van der Waals surface area contributed by atoms with Crippen LogP contribution in [0.25, 0.3) is 0 Å². The lowest BCUT2D eigenvalue weighted by molar-refractivity contribution is 0.233. The minimum atomic E-state index is 0.621. The first-order valence-electron chi connectivity index (χ1n) is 6.30. The Kier molecular flexibility index (Phi) is 4.75. The first kappa shape index (κ1) is 13.4. The maximum absolute atomic E-state index is 5.82. The van der Waals surface area contributed by atoms with Crippen LogP contribution in [0.2, 0.25) is 0 Å². The van der Waals surface area contributed by atoms with Gasteiger partial charge in [0.2, 0.25) is 0 Å². The lowest BCUT2D eigenvalue weighted by atomic mass is 10.2. The molecule has 0 bridgehead atoms. The minimum absolute atomic E-state index is 0.621. The number of nitrogen functional groups attached to an aromatic ring is 1. The Morgan fingerprint density at radius 2 is 1.89 bits per heavy atom. The van der Waals surface area contributed by atoms with Crippen molar-refractivity contribution in [3.05, 3.63) is 54.4 Å². The third kappa shape index (κ3) is 4.26. The average molecular weight is 257 g/mol. The van der Waals surface area contributed by atoms with Crippen LogP contribution in [0.15, 0.2) is 48.8 Å². The normalized spacial score (nSPS) is 10.6. The largest absolute Gasteiger partial charge is 0.490 e. The van der Waals surface area contributed by atoms with Gasteiger partial charge in [0.1, 0.15) is 12.4 Å². The smallest absolute Gasteiger partial charge is 0.142 e. The van der Waals surface area contributed by atoms with Crippen LogP contribution in [0.4, 0.5) is 5.69 Å². The van der Waals surface area contributed by atoms with Gasteiger partial charge in [-0.2, -0.15) is 0 Å². The van der Waals surface area contributed by atoms with E-state index in [1.807, 2.05) is 48.8 Å². The van der Waals surface area contributed by atoms with E-state index in [0.29, 0.717) is 12.3 Å². The molecule has 0 aliphatic heterocycles. The SMILES string of the molecule is CN(CCOc1ccccc1N)Cc1ccncc1. The van der Waals surface area contributed by atoms with Gasteiger partial charge in [-0.1, -0.05) is 12.1 Å². The molecule has 4 nitrogen and oxygen atoms in total. The van der Waals surface area contributed by atoms with Crippen molar-refractivity contribution in [2.24, 2.45) is 0 Å². The van der Waals surface area contributed by atoms with E-state index in [-0.39, 0.29) is 0 Å². The number of ether oxygens (including phenoxy) is 1. The van der Waals surface area contributed by atoms with Crippen LogP contribution in [-0.2, 0) is 6.54 Å². The summed E-state index contributed by atoms with van der Waals surface area (Å²) in [5.41, 5.74) is 7.74. The highest BCUT2D eigenvalue weighted by Gasteiger charge is 2.02. The third-order valence-corrected chi connectivity index (χ3v) is 2.85. The van der Waals surface area contributed by atoms with E-state index >= 15 is 0 Å². The minimum Gasteiger partial charge on any atom is -0.490 e. The van der Waals surface area contributed by atoms with E-state index in [0.717, 1.165) is 18.8 Å². The Labute approximate surface area is 113 Å². The second-order valence-corrected chi connectivity index (χ2v) is 4.48. The second kappa shape index (κ2) is 6.75. The van der Waals surface area contributed by atoms with Gasteiger partial charge in [-0.25, -0.2) is 0 Å². The molecule has 2 N–H and O–H groups in total. The summed E-state index contributed by atoms with van der Waals surface area (Å²) in [5.74, 6) is 0.750. The van der Waals surface area contributed by atoms with E-state index in [1.165, 1.54) is 5.56 Å². The maximum Gasteiger partial charge on any atom is 0.142 e. The zero-order chi connectivity index (χ0) is 13.5. The van der Waals surface area contributed by atoms with E-state index in [9.17, 15) is 0 Å². The number of pyridine rings is 1. The number of anilines is 1. The van der Waals surface area contributed by atoms with Crippen LogP contribution in [0.1, 0.15) is 5.56 Å². The van der Waals surface area contributed by atoms with Crippen LogP contribution >= 0.6 is 0 Å². The van der Waals surface area contributed by atoms with Crippen molar-refractivity contribution < 1.29 is 4.74 Å². The summed E-state index contributed by atoms with van der Waals surface area (Å²) in [5, 5.41) is 0. The Balaban J connectivity index is 1.75. The standard InChI is InChI=1S/C15H19N3O/c1-18(12-13-6-8-17-9-7-13)10-11-19-15-5-3-2-4-14(15)16/h2-9H,10-12,16H2,1H3. The molecule has 2 rings (SSSR count). The Morgan fingerprint density at radius 1 is 1.16 bits per heavy atom. The highest BCUT2D eigenvalue weighted by atomic mass is 16.5. The summed E-state index contributed by atoms with van der Waals surface area (Å²) >= 11 is 0. The molecule has 0 fully saturated rings. The summed E-state index contributed by atoms with van der Waals surface area (Å²) in [7, 11) is 2.07. The Morgan fingerprint density at radius 3 is 2.63 bits per heavy atom. The number of likely N-dealkylation sites (N-methyl/N-ethyl adjacent to an activating group) is 1. The molecule has 19 heavy (non-hydrogen) atoms. The van der Waals surface area contributed by atoms with Gasteiger partial charge in [0.25, 0.3) is 0 Å². The molecule has 0 spiro atoms. The van der Waals surface area contributed by atoms with E-state index in [4.69, 9.17) is 10.5 Å². The molecular formula is C15H19N3O. The lowest BCUT2D eigenvalue weighted by Crippen LogP contribution is -2.24. The van der Waals surface area contributed by atoms with Gasteiger partial charge < -0.3 is 10.5 Å². The number of aromatic nitrogens is 1. The number of nitrogens with zero attached hydrogens (tertiary/aromatic N) is 2. The number of rotatable bonds is 6. The number of hydrogen-bond donors (Lipinski definition) is 1. The molecule has 0 atom stereocenters. The average Bonchev–Trinajstić information content (AvgIpc) is 2.42. The number of hydrogen-bond acceptors (Lipinski definition) is 4. The van der Waals surface area contributed by atoms with Crippen LogP contribution in [0.5, 0.6) is 5.75 Å². The fourth-order valence-corrected chi connectivity index (χ4v) is 1.80. The van der Waals surface area contributed by atoms with Gasteiger partial charge in [-0.3, -0.25) is 9.88 Å². The third-order valence-electron chi connectivity index (χ3n) is 2.85. The first-order valence-corrected chi connectivity index (χ1v) is 6.30. The van der Waals surface area contributed by atoms with Crippen LogP contribution < -0.4 is 10.5 Å². The molecule has 0 aliphatic carbocycles. The number of para-hydroxylation sites is 2. The van der Waals surface area contributed by atoms with Gasteiger partial charge in [-0.05, 0) is 36.9 Å². The second-order valence-electron chi connectivity index (χ2n) is 4.48. The zero-order valence-corrected chi connectivity index (χ0v) is 11.1. The highest BCUT2D eigenvalue weighted by Crippen LogP contribution is 2.19. The van der Waals surface area contributed by atoms with Crippen molar-refractivity contribution in [2.45, 2.75) is 6.54 Å². The molecule has 100 valence electrons.